The molecule has 0 spiro atoms. The minimum absolute atomic E-state index is 0.00175. The number of aryl methyl sites for hydroxylation is 1. The fraction of sp³-hybridized carbons (Fsp3) is 0.364. The fourth-order valence-corrected chi connectivity index (χ4v) is 5.11. The largest absolute Gasteiger partial charge is 0.354 e. The predicted molar refractivity (Wildman–Crippen MR) is 113 cm³/mol. The number of hydrogen-bond donors (Lipinski definition) is 1. The van der Waals surface area contributed by atoms with Crippen molar-refractivity contribution < 1.29 is 9.59 Å². The number of aromatic amines is 1. The predicted octanol–water partition coefficient (Wildman–Crippen LogP) is 4.01. The van der Waals surface area contributed by atoms with Gasteiger partial charge >= 0.3 is 0 Å². The van der Waals surface area contributed by atoms with Crippen molar-refractivity contribution >= 4 is 33.1 Å². The van der Waals surface area contributed by atoms with Gasteiger partial charge in [-0.3, -0.25) is 14.5 Å². The monoisotopic (exact) mass is 395 g/mol. The zero-order chi connectivity index (χ0) is 19.8. The van der Waals surface area contributed by atoms with Crippen molar-refractivity contribution in [3.05, 3.63) is 57.7 Å². The highest BCUT2D eigenvalue weighted by Crippen LogP contribution is 2.27. The number of carbonyl (C=O) groups is 2. The molecule has 1 fully saturated rings. The smallest absolute Gasteiger partial charge is 0.270 e. The summed E-state index contributed by atoms with van der Waals surface area (Å²) in [5.74, 6) is -0.00755. The van der Waals surface area contributed by atoms with E-state index in [4.69, 9.17) is 0 Å². The number of aromatic nitrogens is 1. The first-order valence-electron chi connectivity index (χ1n) is 9.62. The highest BCUT2D eigenvalue weighted by molar-refractivity contribution is 7.17. The van der Waals surface area contributed by atoms with E-state index in [1.54, 1.807) is 18.3 Å². The molecule has 28 heavy (non-hydrogen) atoms. The number of hydrogen-bond acceptors (Lipinski definition) is 4. The maximum absolute atomic E-state index is 13.0. The van der Waals surface area contributed by atoms with Gasteiger partial charge in [0.1, 0.15) is 5.69 Å². The van der Waals surface area contributed by atoms with Crippen LogP contribution in [0.15, 0.2) is 29.6 Å². The maximum Gasteiger partial charge on any atom is 0.270 e. The number of ketones is 1. The molecule has 0 atom stereocenters. The van der Waals surface area contributed by atoms with Gasteiger partial charge < -0.3 is 9.88 Å². The number of thiophene rings is 1. The van der Waals surface area contributed by atoms with Gasteiger partial charge in [0.05, 0.1) is 0 Å². The summed E-state index contributed by atoms with van der Waals surface area (Å²) in [6.07, 6.45) is 0. The van der Waals surface area contributed by atoms with Crippen molar-refractivity contribution in [2.45, 2.75) is 27.3 Å². The third-order valence-electron chi connectivity index (χ3n) is 5.62. The minimum atomic E-state index is -0.00580. The standard InChI is InChI=1S/C22H25N3O2S/c1-14-20(16(3)26)15(2)23-21(14)22(27)25-10-8-24(9-11-25)12-17-13-28-19-7-5-4-6-18(17)19/h4-7,13,23H,8-12H2,1-3H3. The lowest BCUT2D eigenvalue weighted by atomic mass is 10.1. The molecular weight excluding hydrogens is 370 g/mol. The van der Waals surface area contributed by atoms with Crippen LogP contribution in [0.5, 0.6) is 0 Å². The lowest BCUT2D eigenvalue weighted by Crippen LogP contribution is -2.48. The summed E-state index contributed by atoms with van der Waals surface area (Å²) in [5, 5.41) is 3.58. The molecule has 0 aliphatic carbocycles. The second-order valence-corrected chi connectivity index (χ2v) is 8.42. The molecule has 6 heteroatoms. The molecular formula is C22H25N3O2S. The highest BCUT2D eigenvalue weighted by atomic mass is 32.1. The Morgan fingerprint density at radius 2 is 1.82 bits per heavy atom. The number of nitrogens with zero attached hydrogens (tertiary/aromatic N) is 2. The molecule has 1 aliphatic rings. The van der Waals surface area contributed by atoms with Crippen LogP contribution < -0.4 is 0 Å². The molecule has 0 radical (unpaired) electrons. The van der Waals surface area contributed by atoms with E-state index in [1.165, 1.54) is 15.6 Å². The average Bonchev–Trinajstić information content (AvgIpc) is 3.22. The molecule has 0 saturated carbocycles. The van der Waals surface area contributed by atoms with Crippen LogP contribution >= 0.6 is 11.3 Å². The number of fused-ring (bicyclic) bond motifs is 1. The van der Waals surface area contributed by atoms with Crippen LogP contribution in [-0.4, -0.2) is 52.7 Å². The molecule has 4 rings (SSSR count). The topological polar surface area (TPSA) is 56.4 Å². The average molecular weight is 396 g/mol. The molecule has 3 heterocycles. The minimum Gasteiger partial charge on any atom is -0.354 e. The van der Waals surface area contributed by atoms with E-state index in [-0.39, 0.29) is 11.7 Å². The van der Waals surface area contributed by atoms with E-state index in [2.05, 4.69) is 39.5 Å². The number of Topliss-reactive ketones (excluding diaryl/α,β-unsaturated/α-hetero) is 1. The summed E-state index contributed by atoms with van der Waals surface area (Å²) in [6, 6.07) is 8.51. The van der Waals surface area contributed by atoms with Gasteiger partial charge in [0, 0.05) is 48.7 Å². The second kappa shape index (κ2) is 7.53. The van der Waals surface area contributed by atoms with Crippen molar-refractivity contribution in [2.75, 3.05) is 26.2 Å². The van der Waals surface area contributed by atoms with Gasteiger partial charge in [0.15, 0.2) is 5.78 Å². The second-order valence-electron chi connectivity index (χ2n) is 7.51. The van der Waals surface area contributed by atoms with Crippen LogP contribution in [0.3, 0.4) is 0 Å². The third-order valence-corrected chi connectivity index (χ3v) is 6.63. The van der Waals surface area contributed by atoms with E-state index in [1.807, 2.05) is 18.7 Å². The summed E-state index contributed by atoms with van der Waals surface area (Å²) in [4.78, 5) is 32.2. The van der Waals surface area contributed by atoms with Crippen molar-refractivity contribution in [1.82, 2.24) is 14.8 Å². The lowest BCUT2D eigenvalue weighted by Gasteiger charge is -2.34. The molecule has 0 bridgehead atoms. The van der Waals surface area contributed by atoms with Gasteiger partial charge in [-0.05, 0) is 48.7 Å². The number of nitrogens with one attached hydrogen (secondary N) is 1. The van der Waals surface area contributed by atoms with Crippen LogP contribution in [0, 0.1) is 13.8 Å². The zero-order valence-electron chi connectivity index (χ0n) is 16.5. The summed E-state index contributed by atoms with van der Waals surface area (Å²) in [7, 11) is 0. The number of rotatable bonds is 4. The molecule has 0 unspecified atom stereocenters. The fourth-order valence-electron chi connectivity index (χ4n) is 4.16. The number of piperazine rings is 1. The van der Waals surface area contributed by atoms with Crippen molar-refractivity contribution in [1.29, 1.82) is 0 Å². The highest BCUT2D eigenvalue weighted by Gasteiger charge is 2.27. The van der Waals surface area contributed by atoms with Gasteiger partial charge in [0.2, 0.25) is 0 Å². The summed E-state index contributed by atoms with van der Waals surface area (Å²) < 4.78 is 1.32. The first-order valence-corrected chi connectivity index (χ1v) is 10.5. The SMILES string of the molecule is CC(=O)c1c(C)[nH]c(C(=O)N2CCN(Cc3csc4ccccc34)CC2)c1C. The van der Waals surface area contributed by atoms with Crippen LogP contribution in [0.1, 0.15) is 44.6 Å². The van der Waals surface area contributed by atoms with Gasteiger partial charge in [0.25, 0.3) is 5.91 Å². The quantitative estimate of drug-likeness (QED) is 0.679. The Morgan fingerprint density at radius 3 is 2.50 bits per heavy atom. The number of amides is 1. The van der Waals surface area contributed by atoms with E-state index >= 15 is 0 Å². The van der Waals surface area contributed by atoms with Gasteiger partial charge in [-0.1, -0.05) is 18.2 Å². The van der Waals surface area contributed by atoms with Crippen molar-refractivity contribution in [3.8, 4) is 0 Å². The Bertz CT molecular complexity index is 1040. The molecule has 2 aromatic heterocycles. The Hall–Kier alpha value is -2.44. The summed E-state index contributed by atoms with van der Waals surface area (Å²) >= 11 is 1.79. The van der Waals surface area contributed by atoms with Gasteiger partial charge in [-0.15, -0.1) is 11.3 Å². The maximum atomic E-state index is 13.0. The van der Waals surface area contributed by atoms with Crippen LogP contribution in [0.2, 0.25) is 0 Å². The lowest BCUT2D eigenvalue weighted by molar-refractivity contribution is 0.0623. The summed E-state index contributed by atoms with van der Waals surface area (Å²) in [5.41, 5.74) is 4.10. The van der Waals surface area contributed by atoms with Crippen LogP contribution in [0.4, 0.5) is 0 Å². The molecule has 1 saturated heterocycles. The summed E-state index contributed by atoms with van der Waals surface area (Å²) in [6.45, 7) is 9.28. The van der Waals surface area contributed by atoms with E-state index in [0.29, 0.717) is 24.3 Å². The first kappa shape index (κ1) is 18.9. The molecule has 146 valence electrons. The van der Waals surface area contributed by atoms with E-state index < -0.39 is 0 Å². The molecule has 1 aliphatic heterocycles. The Balaban J connectivity index is 1.42. The van der Waals surface area contributed by atoms with Crippen molar-refractivity contribution in [3.63, 3.8) is 0 Å². The molecule has 5 nitrogen and oxygen atoms in total. The Morgan fingerprint density at radius 1 is 1.11 bits per heavy atom. The number of benzene rings is 1. The van der Waals surface area contributed by atoms with Gasteiger partial charge in [-0.2, -0.15) is 0 Å². The zero-order valence-corrected chi connectivity index (χ0v) is 17.4. The molecule has 1 aromatic carbocycles. The molecule has 3 aromatic rings. The van der Waals surface area contributed by atoms with Crippen LogP contribution in [-0.2, 0) is 6.54 Å². The normalized spacial score (nSPS) is 15.3. The third kappa shape index (κ3) is 3.38. The molecule has 1 N–H and O–H groups in total. The number of H-pyrrole nitrogens is 1. The Kier molecular flexibility index (Phi) is 5.08. The molecule has 1 amide bonds. The number of carbonyl (C=O) groups excluding carboxylic acids is 2. The van der Waals surface area contributed by atoms with Crippen LogP contribution in [0.25, 0.3) is 10.1 Å². The Labute approximate surface area is 169 Å². The van der Waals surface area contributed by atoms with E-state index in [9.17, 15) is 9.59 Å². The first-order chi connectivity index (χ1) is 13.5. The van der Waals surface area contributed by atoms with E-state index in [0.717, 1.165) is 30.9 Å². The van der Waals surface area contributed by atoms with Gasteiger partial charge in [-0.25, -0.2) is 0 Å². The van der Waals surface area contributed by atoms with Crippen molar-refractivity contribution in [2.24, 2.45) is 0 Å².